The monoisotopic (exact) mass is 505 g/mol. The van der Waals surface area contributed by atoms with Gasteiger partial charge in [-0.2, -0.15) is 0 Å². The van der Waals surface area contributed by atoms with Gasteiger partial charge in [-0.1, -0.05) is 49.9 Å². The summed E-state index contributed by atoms with van der Waals surface area (Å²) in [5.74, 6) is 1.44. The maximum Gasteiger partial charge on any atom is 0.319 e. The van der Waals surface area contributed by atoms with Gasteiger partial charge < -0.3 is 19.5 Å². The van der Waals surface area contributed by atoms with Crippen LogP contribution in [0.3, 0.4) is 0 Å². The van der Waals surface area contributed by atoms with Crippen LogP contribution in [0.15, 0.2) is 91.0 Å². The molecule has 2 aromatic carbocycles. The molecule has 0 fully saturated rings. The third-order valence-corrected chi connectivity index (χ3v) is 7.00. The van der Waals surface area contributed by atoms with Crippen molar-refractivity contribution in [2.45, 2.75) is 43.4 Å². The normalized spacial score (nSPS) is 12.3. The molecule has 0 spiro atoms. The topological polar surface area (TPSA) is 84.8 Å². The van der Waals surface area contributed by atoms with Crippen LogP contribution in [0, 0.1) is 6.92 Å². The van der Waals surface area contributed by atoms with Crippen LogP contribution in [0.2, 0.25) is 0 Å². The fourth-order valence-electron chi connectivity index (χ4n) is 3.28. The molecule has 3 rings (SSSR count). The average Bonchev–Trinajstić information content (AvgIpc) is 2.86. The number of nitrogens with zero attached hydrogens (tertiary/aromatic N) is 3. The summed E-state index contributed by atoms with van der Waals surface area (Å²) in [4.78, 5) is 23.2. The minimum absolute atomic E-state index is 0.371. The maximum absolute atomic E-state index is 11.7. The maximum atomic E-state index is 11.7. The van der Waals surface area contributed by atoms with Crippen LogP contribution in [0.5, 0.6) is 11.6 Å². The van der Waals surface area contributed by atoms with Gasteiger partial charge in [0.2, 0.25) is 5.88 Å². The van der Waals surface area contributed by atoms with E-state index < -0.39 is 10.7 Å². The fourth-order valence-corrected chi connectivity index (χ4v) is 4.31. The molecular formula is C28H31N3O4S. The number of aliphatic carboxylic acids is 1. The molecule has 0 aliphatic carbocycles. The molecule has 1 aromatic heterocycles. The highest BCUT2D eigenvalue weighted by molar-refractivity contribution is 8.01. The molecule has 7 nitrogen and oxygen atoms in total. The third kappa shape index (κ3) is 7.36. The second-order valence-corrected chi connectivity index (χ2v) is 10.0. The van der Waals surface area contributed by atoms with Crippen molar-refractivity contribution in [3.63, 3.8) is 0 Å². The van der Waals surface area contributed by atoms with Crippen molar-refractivity contribution < 1.29 is 19.4 Å². The zero-order valence-electron chi connectivity index (χ0n) is 20.8. The fraction of sp³-hybridized carbons (Fsp3) is 0.250. The Bertz CT molecular complexity index is 1200. The molecule has 0 saturated carbocycles. The number of anilines is 1. The number of hydrogen-bond acceptors (Lipinski definition) is 7. The van der Waals surface area contributed by atoms with Gasteiger partial charge in [-0.25, -0.2) is 9.97 Å². The zero-order valence-corrected chi connectivity index (χ0v) is 21.6. The van der Waals surface area contributed by atoms with Gasteiger partial charge in [0.05, 0.1) is 12.8 Å². The Morgan fingerprint density at radius 2 is 1.86 bits per heavy atom. The number of aryl methyl sites for hydroxylation is 1. The first-order chi connectivity index (χ1) is 17.2. The molecule has 36 heavy (non-hydrogen) atoms. The molecule has 1 unspecified atom stereocenters. The molecule has 1 heterocycles. The van der Waals surface area contributed by atoms with Crippen molar-refractivity contribution in [1.29, 1.82) is 0 Å². The van der Waals surface area contributed by atoms with E-state index in [2.05, 4.69) is 23.1 Å². The van der Waals surface area contributed by atoms with Crippen LogP contribution in [0.4, 0.5) is 5.82 Å². The van der Waals surface area contributed by atoms with Crippen molar-refractivity contribution in [2.75, 3.05) is 11.4 Å². The van der Waals surface area contributed by atoms with Crippen molar-refractivity contribution in [3.8, 4) is 11.6 Å². The predicted octanol–water partition coefficient (Wildman–Crippen LogP) is 6.60. The summed E-state index contributed by atoms with van der Waals surface area (Å²) in [7, 11) is 0. The average molecular weight is 506 g/mol. The van der Waals surface area contributed by atoms with Gasteiger partial charge >= 0.3 is 5.97 Å². The number of carbonyl (C=O) groups is 1. The lowest BCUT2D eigenvalue weighted by Gasteiger charge is -2.25. The minimum atomic E-state index is -0.873. The van der Waals surface area contributed by atoms with Crippen molar-refractivity contribution in [3.05, 3.63) is 97.2 Å². The van der Waals surface area contributed by atoms with E-state index in [-0.39, 0.29) is 0 Å². The Morgan fingerprint density at radius 1 is 1.17 bits per heavy atom. The summed E-state index contributed by atoms with van der Waals surface area (Å²) in [5.41, 5.74) is 2.16. The number of ether oxygens (including phenoxy) is 2. The lowest BCUT2D eigenvalue weighted by molar-refractivity contribution is -0.139. The van der Waals surface area contributed by atoms with E-state index in [4.69, 9.17) is 9.47 Å². The lowest BCUT2D eigenvalue weighted by Crippen LogP contribution is -2.30. The summed E-state index contributed by atoms with van der Waals surface area (Å²) in [6.45, 7) is 14.1. The summed E-state index contributed by atoms with van der Waals surface area (Å²) in [5, 5.41) is 9.57. The third-order valence-electron chi connectivity index (χ3n) is 5.58. The van der Waals surface area contributed by atoms with Gasteiger partial charge in [0.15, 0.2) is 0 Å². The van der Waals surface area contributed by atoms with E-state index in [0.29, 0.717) is 42.7 Å². The Labute approximate surface area is 216 Å². The molecule has 0 amide bonds. The molecule has 3 aromatic rings. The van der Waals surface area contributed by atoms with Crippen molar-refractivity contribution in [2.24, 2.45) is 0 Å². The van der Waals surface area contributed by atoms with Crippen molar-refractivity contribution >= 4 is 23.5 Å². The number of benzene rings is 2. The van der Waals surface area contributed by atoms with E-state index in [1.54, 1.807) is 13.0 Å². The van der Waals surface area contributed by atoms with Crippen LogP contribution in [0.25, 0.3) is 0 Å². The second kappa shape index (κ2) is 12.3. The molecule has 8 heteroatoms. The van der Waals surface area contributed by atoms with E-state index in [1.165, 1.54) is 24.4 Å². The summed E-state index contributed by atoms with van der Waals surface area (Å²) >= 11 is 1.35. The number of carboxylic acids is 1. The molecule has 0 aliphatic heterocycles. The van der Waals surface area contributed by atoms with Gasteiger partial charge in [0.25, 0.3) is 0 Å². The van der Waals surface area contributed by atoms with Gasteiger partial charge in [-0.05, 0) is 50.1 Å². The number of rotatable bonds is 13. The molecule has 0 aliphatic rings. The Balaban J connectivity index is 1.80. The summed E-state index contributed by atoms with van der Waals surface area (Å²) in [6, 6.07) is 17.3. The van der Waals surface area contributed by atoms with Crippen LogP contribution >= 0.6 is 11.8 Å². The number of carboxylic acid groups (broad SMARTS) is 1. The molecule has 188 valence electrons. The number of thioether (sulfide) groups is 1. The highest BCUT2D eigenvalue weighted by atomic mass is 32.2. The molecule has 1 atom stereocenters. The van der Waals surface area contributed by atoms with Crippen LogP contribution in [-0.2, 0) is 16.1 Å². The first-order valence-electron chi connectivity index (χ1n) is 11.5. The first kappa shape index (κ1) is 26.8. The lowest BCUT2D eigenvalue weighted by atomic mass is 10.1. The molecular weight excluding hydrogens is 474 g/mol. The molecule has 0 radical (unpaired) electrons. The quantitative estimate of drug-likeness (QED) is 0.205. The summed E-state index contributed by atoms with van der Waals surface area (Å²) in [6.07, 6.45) is 3.32. The molecule has 0 saturated heterocycles. The Morgan fingerprint density at radius 3 is 2.47 bits per heavy atom. The zero-order chi connectivity index (χ0) is 26.1. The van der Waals surface area contributed by atoms with E-state index in [9.17, 15) is 9.90 Å². The van der Waals surface area contributed by atoms with Crippen LogP contribution < -0.4 is 9.64 Å². The van der Waals surface area contributed by atoms with Crippen LogP contribution in [-0.4, -0.2) is 32.3 Å². The Hall–Kier alpha value is -3.78. The van der Waals surface area contributed by atoms with Gasteiger partial charge in [-0.3, -0.25) is 4.79 Å². The smallest absolute Gasteiger partial charge is 0.319 e. The number of hydrogen-bond donors (Lipinski definition) is 1. The number of aromatic nitrogens is 2. The highest BCUT2D eigenvalue weighted by Crippen LogP contribution is 2.36. The second-order valence-electron chi connectivity index (χ2n) is 8.44. The van der Waals surface area contributed by atoms with E-state index >= 15 is 0 Å². The summed E-state index contributed by atoms with van der Waals surface area (Å²) < 4.78 is 10.4. The van der Waals surface area contributed by atoms with Crippen molar-refractivity contribution in [1.82, 2.24) is 9.97 Å². The van der Waals surface area contributed by atoms with E-state index in [0.717, 1.165) is 16.0 Å². The van der Waals surface area contributed by atoms with Crippen LogP contribution in [0.1, 0.15) is 31.4 Å². The molecule has 1 N–H and O–H groups in total. The largest absolute Gasteiger partial charge is 0.480 e. The Kier molecular flexibility index (Phi) is 9.13. The van der Waals surface area contributed by atoms with Gasteiger partial charge in [0.1, 0.15) is 28.4 Å². The van der Waals surface area contributed by atoms with E-state index in [1.807, 2.05) is 67.3 Å². The highest BCUT2D eigenvalue weighted by Gasteiger charge is 2.32. The first-order valence-corrected chi connectivity index (χ1v) is 12.3. The SMILES string of the molecule is C=COC(=C)CN(Cc1ccc(SC(C)(CC)C(=O)O)cc1)c1cc(Oc2ccc(C)cc2)ncn1. The minimum Gasteiger partial charge on any atom is -0.480 e. The standard InChI is InChI=1S/C28H31N3O4S/c1-6-28(5,27(32)33)36-24-14-10-22(11-15-24)18-31(17-21(4)34-7-2)25-16-26(30-19-29-25)35-23-12-8-20(3)9-13-23/h7-16,19H,2,4,6,17-18H2,1,3,5H3,(H,32,33). The predicted molar refractivity (Wildman–Crippen MR) is 143 cm³/mol. The van der Waals surface area contributed by atoms with Gasteiger partial charge in [-0.15, -0.1) is 11.8 Å². The molecule has 0 bridgehead atoms. The van der Waals surface area contributed by atoms with Gasteiger partial charge in [0, 0.05) is 17.5 Å².